The van der Waals surface area contributed by atoms with Crippen LogP contribution in [-0.4, -0.2) is 22.3 Å². The summed E-state index contributed by atoms with van der Waals surface area (Å²) in [6, 6.07) is 10.5. The number of hydrogen-bond donors (Lipinski definition) is 0. The van der Waals surface area contributed by atoms with E-state index in [0.717, 1.165) is 17.3 Å². The zero-order chi connectivity index (χ0) is 10.6. The van der Waals surface area contributed by atoms with E-state index in [1.165, 1.54) is 0 Å². The van der Waals surface area contributed by atoms with E-state index < -0.39 is 0 Å². The highest BCUT2D eigenvalue weighted by molar-refractivity contribution is 6.68. The molecule has 0 atom stereocenters. The van der Waals surface area contributed by atoms with Crippen LogP contribution in [0, 0.1) is 0 Å². The van der Waals surface area contributed by atoms with Gasteiger partial charge in [0, 0.05) is 0 Å². The molecule has 1 rings (SSSR count). The summed E-state index contributed by atoms with van der Waals surface area (Å²) in [6.45, 7) is 7.35. The monoisotopic (exact) mass is 210 g/mol. The third-order valence-corrected chi connectivity index (χ3v) is 2.66. The van der Waals surface area contributed by atoms with Gasteiger partial charge in [-0.15, -0.1) is 0 Å². The van der Waals surface area contributed by atoms with Gasteiger partial charge in [-0.1, -0.05) is 18.2 Å². The summed E-state index contributed by atoms with van der Waals surface area (Å²) in [5, 5.41) is 0.836. The summed E-state index contributed by atoms with van der Waals surface area (Å²) in [5.74, 6) is 0. The molecule has 0 aliphatic heterocycles. The van der Waals surface area contributed by atoms with Gasteiger partial charge in [0.25, 0.3) is 5.17 Å². The molecule has 0 fully saturated rings. The van der Waals surface area contributed by atoms with Crippen LogP contribution < -0.4 is 0 Å². The molecular formula is C12H17ClN+. The zero-order valence-corrected chi connectivity index (χ0v) is 9.75. The lowest BCUT2D eigenvalue weighted by molar-refractivity contribution is -0.552. The molecule has 0 bridgehead atoms. The van der Waals surface area contributed by atoms with Gasteiger partial charge < -0.3 is 0 Å². The molecular weight excluding hydrogens is 194 g/mol. The molecule has 0 N–H and O–H groups in total. The minimum Gasteiger partial charge on any atom is -0.218 e. The topological polar surface area (TPSA) is 3.01 Å². The van der Waals surface area contributed by atoms with E-state index in [1.54, 1.807) is 0 Å². The maximum Gasteiger partial charge on any atom is 0.277 e. The van der Waals surface area contributed by atoms with Crippen LogP contribution in [0.3, 0.4) is 0 Å². The predicted octanol–water partition coefficient (Wildman–Crippen LogP) is 3.11. The Morgan fingerprint density at radius 3 is 2.29 bits per heavy atom. The summed E-state index contributed by atoms with van der Waals surface area (Å²) in [6.07, 6.45) is 0. The van der Waals surface area contributed by atoms with Gasteiger partial charge in [-0.2, -0.15) is 0 Å². The minimum atomic E-state index is 0.438. The number of benzene rings is 1. The fourth-order valence-electron chi connectivity index (χ4n) is 1.47. The maximum atomic E-state index is 6.31. The molecule has 1 aromatic carbocycles. The van der Waals surface area contributed by atoms with Gasteiger partial charge in [0.15, 0.2) is 0 Å². The highest BCUT2D eigenvalue weighted by atomic mass is 35.5. The van der Waals surface area contributed by atoms with Crippen molar-refractivity contribution in [3.8, 4) is 0 Å². The third kappa shape index (κ3) is 2.58. The van der Waals surface area contributed by atoms with Gasteiger partial charge in [0.2, 0.25) is 0 Å². The average molecular weight is 211 g/mol. The van der Waals surface area contributed by atoms with Crippen molar-refractivity contribution in [2.75, 3.05) is 6.54 Å². The van der Waals surface area contributed by atoms with Crippen molar-refractivity contribution < 1.29 is 4.58 Å². The Kier molecular flexibility index (Phi) is 4.15. The first-order chi connectivity index (χ1) is 6.66. The summed E-state index contributed by atoms with van der Waals surface area (Å²) in [7, 11) is 0. The molecule has 0 spiro atoms. The number of hydrogen-bond acceptors (Lipinski definition) is 0. The first-order valence-corrected chi connectivity index (χ1v) is 5.39. The first-order valence-electron chi connectivity index (χ1n) is 5.01. The van der Waals surface area contributed by atoms with Crippen molar-refractivity contribution in [2.45, 2.75) is 26.8 Å². The van der Waals surface area contributed by atoms with Crippen LogP contribution in [0.1, 0.15) is 26.3 Å². The summed E-state index contributed by atoms with van der Waals surface area (Å²) in [4.78, 5) is 0. The SMILES string of the molecule is CC/[N+](=C(\Cl)c1ccccc1)C(C)C. The molecule has 1 nitrogen and oxygen atoms in total. The molecule has 2 heteroatoms. The molecule has 0 unspecified atom stereocenters. The van der Waals surface area contributed by atoms with Crippen LogP contribution in [-0.2, 0) is 0 Å². The van der Waals surface area contributed by atoms with Gasteiger partial charge in [-0.25, -0.2) is 4.58 Å². The summed E-state index contributed by atoms with van der Waals surface area (Å²) >= 11 is 6.31. The number of rotatable bonds is 3. The van der Waals surface area contributed by atoms with Gasteiger partial charge >= 0.3 is 0 Å². The molecule has 1 aromatic rings. The highest BCUT2D eigenvalue weighted by Crippen LogP contribution is 2.06. The molecule has 0 heterocycles. The Labute approximate surface area is 91.0 Å². The van der Waals surface area contributed by atoms with E-state index in [4.69, 9.17) is 11.6 Å². The van der Waals surface area contributed by atoms with E-state index in [-0.39, 0.29) is 0 Å². The van der Waals surface area contributed by atoms with Gasteiger partial charge in [-0.3, -0.25) is 0 Å². The fraction of sp³-hybridized carbons (Fsp3) is 0.417. The molecule has 0 amide bonds. The summed E-state index contributed by atoms with van der Waals surface area (Å²) in [5.41, 5.74) is 1.09. The van der Waals surface area contributed by atoms with Crippen LogP contribution in [0.2, 0.25) is 0 Å². The highest BCUT2D eigenvalue weighted by Gasteiger charge is 2.15. The normalized spacial score (nSPS) is 12.9. The lowest BCUT2D eigenvalue weighted by Gasteiger charge is -2.07. The van der Waals surface area contributed by atoms with Crippen molar-refractivity contribution >= 4 is 16.8 Å². The van der Waals surface area contributed by atoms with E-state index in [1.807, 2.05) is 30.3 Å². The van der Waals surface area contributed by atoms with Gasteiger partial charge in [0.1, 0.15) is 12.6 Å². The van der Waals surface area contributed by atoms with Crippen LogP contribution in [0.25, 0.3) is 0 Å². The molecule has 0 aliphatic carbocycles. The lowest BCUT2D eigenvalue weighted by atomic mass is 10.2. The number of halogens is 1. The van der Waals surface area contributed by atoms with Crippen LogP contribution >= 0.6 is 11.6 Å². The molecule has 0 aliphatic rings. The fourth-order valence-corrected chi connectivity index (χ4v) is 1.91. The molecule has 14 heavy (non-hydrogen) atoms. The Morgan fingerprint density at radius 1 is 1.29 bits per heavy atom. The standard InChI is InChI=1S/C12H17ClN/c1-4-14(10(2)3)12(13)11-8-6-5-7-9-11/h5-10H,4H2,1-3H3/q+1/b14-12+. The predicted molar refractivity (Wildman–Crippen MR) is 62.3 cm³/mol. The van der Waals surface area contributed by atoms with Crippen LogP contribution in [0.4, 0.5) is 0 Å². The van der Waals surface area contributed by atoms with E-state index >= 15 is 0 Å². The third-order valence-electron chi connectivity index (χ3n) is 2.23. The van der Waals surface area contributed by atoms with Gasteiger partial charge in [-0.05, 0) is 44.5 Å². The molecule has 76 valence electrons. The smallest absolute Gasteiger partial charge is 0.218 e. The average Bonchev–Trinajstić information content (AvgIpc) is 2.19. The van der Waals surface area contributed by atoms with Crippen molar-refractivity contribution in [3.63, 3.8) is 0 Å². The largest absolute Gasteiger partial charge is 0.277 e. The van der Waals surface area contributed by atoms with Crippen molar-refractivity contribution in [1.29, 1.82) is 0 Å². The van der Waals surface area contributed by atoms with Crippen LogP contribution in [0.5, 0.6) is 0 Å². The second kappa shape index (κ2) is 5.16. The Balaban J connectivity index is 3.08. The van der Waals surface area contributed by atoms with Gasteiger partial charge in [0.05, 0.1) is 5.56 Å². The lowest BCUT2D eigenvalue weighted by Crippen LogP contribution is -2.25. The number of nitrogens with zero attached hydrogens (tertiary/aromatic N) is 1. The first kappa shape index (κ1) is 11.3. The van der Waals surface area contributed by atoms with E-state index in [2.05, 4.69) is 25.3 Å². The Morgan fingerprint density at radius 2 is 1.86 bits per heavy atom. The molecule has 0 radical (unpaired) electrons. The maximum absolute atomic E-state index is 6.31. The van der Waals surface area contributed by atoms with Crippen molar-refractivity contribution in [1.82, 2.24) is 0 Å². The second-order valence-corrected chi connectivity index (χ2v) is 3.89. The second-order valence-electron chi connectivity index (χ2n) is 3.54. The Bertz CT molecular complexity index is 314. The zero-order valence-electron chi connectivity index (χ0n) is 9.00. The quantitative estimate of drug-likeness (QED) is 0.533. The molecule has 0 saturated heterocycles. The van der Waals surface area contributed by atoms with E-state index in [0.29, 0.717) is 6.04 Å². The van der Waals surface area contributed by atoms with E-state index in [9.17, 15) is 0 Å². The van der Waals surface area contributed by atoms with Crippen molar-refractivity contribution in [2.24, 2.45) is 0 Å². The Hall–Kier alpha value is -0.820. The molecule has 0 saturated carbocycles. The minimum absolute atomic E-state index is 0.438. The van der Waals surface area contributed by atoms with Crippen molar-refractivity contribution in [3.05, 3.63) is 35.9 Å². The summed E-state index contributed by atoms with van der Waals surface area (Å²) < 4.78 is 2.18. The van der Waals surface area contributed by atoms with Crippen LogP contribution in [0.15, 0.2) is 30.3 Å². The molecule has 0 aromatic heterocycles.